The molecule has 1 unspecified atom stereocenters. The van der Waals surface area contributed by atoms with Gasteiger partial charge in [-0.1, -0.05) is 23.7 Å². The summed E-state index contributed by atoms with van der Waals surface area (Å²) in [4.78, 5) is 16.5. The molecule has 1 amide bonds. The van der Waals surface area contributed by atoms with E-state index in [0.29, 0.717) is 6.54 Å². The van der Waals surface area contributed by atoms with E-state index in [4.69, 9.17) is 11.6 Å². The minimum atomic E-state index is 0.0464. The Morgan fingerprint density at radius 3 is 3.00 bits per heavy atom. The van der Waals surface area contributed by atoms with Crippen LogP contribution in [0.25, 0.3) is 0 Å². The number of aromatic nitrogens is 2. The highest BCUT2D eigenvalue weighted by molar-refractivity contribution is 6.30. The quantitative estimate of drug-likeness (QED) is 0.943. The number of carbonyl (C=O) groups excluding carboxylic acids is 1. The van der Waals surface area contributed by atoms with Crippen LogP contribution in [-0.2, 0) is 24.2 Å². The number of amides is 1. The third-order valence-electron chi connectivity index (χ3n) is 3.95. The van der Waals surface area contributed by atoms with Crippen molar-refractivity contribution < 1.29 is 4.79 Å². The number of aryl methyl sites for hydroxylation is 1. The fraction of sp³-hybridized carbons (Fsp3) is 0.375. The van der Waals surface area contributed by atoms with E-state index in [1.807, 2.05) is 30.5 Å². The molecule has 0 bridgehead atoms. The van der Waals surface area contributed by atoms with E-state index in [-0.39, 0.29) is 11.8 Å². The minimum absolute atomic E-state index is 0.0464. The summed E-state index contributed by atoms with van der Waals surface area (Å²) in [6, 6.07) is 7.73. The van der Waals surface area contributed by atoms with Crippen molar-refractivity contribution in [2.45, 2.75) is 25.8 Å². The lowest BCUT2D eigenvalue weighted by Gasteiger charge is -2.22. The minimum Gasteiger partial charge on any atom is -0.356 e. The van der Waals surface area contributed by atoms with E-state index in [0.717, 1.165) is 36.7 Å². The second-order valence-electron chi connectivity index (χ2n) is 5.39. The van der Waals surface area contributed by atoms with E-state index in [1.54, 1.807) is 6.20 Å². The van der Waals surface area contributed by atoms with Crippen molar-refractivity contribution in [1.29, 1.82) is 0 Å². The predicted molar refractivity (Wildman–Crippen MR) is 82.2 cm³/mol. The van der Waals surface area contributed by atoms with Gasteiger partial charge in [-0.05, 0) is 30.5 Å². The second-order valence-corrected chi connectivity index (χ2v) is 5.83. The smallest absolute Gasteiger partial charge is 0.223 e. The largest absolute Gasteiger partial charge is 0.356 e. The molecule has 0 aliphatic carbocycles. The molecule has 1 N–H and O–H groups in total. The summed E-state index contributed by atoms with van der Waals surface area (Å²) in [7, 11) is 0. The number of imidazole rings is 1. The van der Waals surface area contributed by atoms with E-state index >= 15 is 0 Å². The number of hydrogen-bond donors (Lipinski definition) is 1. The lowest BCUT2D eigenvalue weighted by Crippen LogP contribution is -2.36. The number of nitrogens with one attached hydrogen (secondary N) is 1. The van der Waals surface area contributed by atoms with Gasteiger partial charge in [-0.15, -0.1) is 0 Å². The molecule has 110 valence electrons. The Labute approximate surface area is 129 Å². The van der Waals surface area contributed by atoms with Crippen LogP contribution in [0, 0.1) is 5.92 Å². The van der Waals surface area contributed by atoms with E-state index in [2.05, 4.69) is 14.9 Å². The zero-order valence-corrected chi connectivity index (χ0v) is 12.5. The number of nitrogens with zero attached hydrogens (tertiary/aromatic N) is 2. The molecule has 0 fully saturated rings. The molecular weight excluding hydrogens is 286 g/mol. The topological polar surface area (TPSA) is 46.9 Å². The maximum atomic E-state index is 12.2. The first-order chi connectivity index (χ1) is 10.2. The predicted octanol–water partition coefficient (Wildman–Crippen LogP) is 2.46. The van der Waals surface area contributed by atoms with Crippen LogP contribution in [0.2, 0.25) is 5.02 Å². The fourth-order valence-corrected chi connectivity index (χ4v) is 2.83. The van der Waals surface area contributed by atoms with Crippen molar-refractivity contribution in [1.82, 2.24) is 14.9 Å². The lowest BCUT2D eigenvalue weighted by molar-refractivity contribution is -0.125. The monoisotopic (exact) mass is 303 g/mol. The summed E-state index contributed by atoms with van der Waals surface area (Å²) in [5.41, 5.74) is 1.18. The van der Waals surface area contributed by atoms with Gasteiger partial charge < -0.3 is 9.88 Å². The molecule has 3 rings (SSSR count). The molecular formula is C16H18ClN3O. The average Bonchev–Trinajstić information content (AvgIpc) is 2.96. The van der Waals surface area contributed by atoms with Gasteiger partial charge in [0.2, 0.25) is 5.91 Å². The summed E-state index contributed by atoms with van der Waals surface area (Å²) >= 11 is 5.85. The van der Waals surface area contributed by atoms with Crippen molar-refractivity contribution in [3.05, 3.63) is 53.1 Å². The maximum Gasteiger partial charge on any atom is 0.223 e. The number of fused-ring (bicyclic) bond motifs is 1. The molecule has 2 aromatic rings. The highest BCUT2D eigenvalue weighted by Gasteiger charge is 2.24. The maximum absolute atomic E-state index is 12.2. The molecule has 1 aliphatic rings. The fourth-order valence-electron chi connectivity index (χ4n) is 2.70. The molecule has 0 saturated heterocycles. The molecule has 1 aromatic carbocycles. The molecule has 0 radical (unpaired) electrons. The van der Waals surface area contributed by atoms with Crippen molar-refractivity contribution in [3.63, 3.8) is 0 Å². The number of hydrogen-bond acceptors (Lipinski definition) is 2. The Kier molecular flexibility index (Phi) is 4.25. The van der Waals surface area contributed by atoms with Gasteiger partial charge in [0.1, 0.15) is 5.82 Å². The SMILES string of the molecule is O=C(NCCc1ccc(Cl)cc1)C1CCn2ccnc2C1. The van der Waals surface area contributed by atoms with Gasteiger partial charge in [0.25, 0.3) is 0 Å². The second kappa shape index (κ2) is 6.31. The van der Waals surface area contributed by atoms with Gasteiger partial charge >= 0.3 is 0 Å². The van der Waals surface area contributed by atoms with Crippen LogP contribution in [0.15, 0.2) is 36.7 Å². The van der Waals surface area contributed by atoms with Crippen molar-refractivity contribution in [3.8, 4) is 0 Å². The van der Waals surface area contributed by atoms with Crippen molar-refractivity contribution in [2.24, 2.45) is 5.92 Å². The van der Waals surface area contributed by atoms with Crippen LogP contribution in [0.3, 0.4) is 0 Å². The first-order valence-corrected chi connectivity index (χ1v) is 7.62. The van der Waals surface area contributed by atoms with E-state index in [9.17, 15) is 4.79 Å². The van der Waals surface area contributed by atoms with Gasteiger partial charge in [-0.25, -0.2) is 4.98 Å². The molecule has 0 saturated carbocycles. The van der Waals surface area contributed by atoms with Crippen LogP contribution in [0.4, 0.5) is 0 Å². The Hall–Kier alpha value is -1.81. The summed E-state index contributed by atoms with van der Waals surface area (Å²) < 4.78 is 2.12. The van der Waals surface area contributed by atoms with Crippen LogP contribution in [-0.4, -0.2) is 22.0 Å². The molecule has 1 atom stereocenters. The number of carbonyl (C=O) groups is 1. The van der Waals surface area contributed by atoms with Crippen molar-refractivity contribution >= 4 is 17.5 Å². The molecule has 0 spiro atoms. The highest BCUT2D eigenvalue weighted by Crippen LogP contribution is 2.19. The average molecular weight is 304 g/mol. The van der Waals surface area contributed by atoms with Gasteiger partial charge in [-0.2, -0.15) is 0 Å². The summed E-state index contributed by atoms with van der Waals surface area (Å²) in [5, 5.41) is 3.77. The van der Waals surface area contributed by atoms with Gasteiger partial charge in [0.05, 0.1) is 0 Å². The molecule has 2 heterocycles. The van der Waals surface area contributed by atoms with Gasteiger partial charge in [-0.3, -0.25) is 4.79 Å². The van der Waals surface area contributed by atoms with Crippen LogP contribution in [0.1, 0.15) is 17.8 Å². The Morgan fingerprint density at radius 2 is 2.19 bits per heavy atom. The van der Waals surface area contributed by atoms with Crippen LogP contribution < -0.4 is 5.32 Å². The summed E-state index contributed by atoms with van der Waals surface area (Å²) in [6.07, 6.45) is 6.22. The van der Waals surface area contributed by atoms with Gasteiger partial charge in [0.15, 0.2) is 0 Å². The molecule has 1 aromatic heterocycles. The lowest BCUT2D eigenvalue weighted by atomic mass is 9.97. The third kappa shape index (κ3) is 3.45. The highest BCUT2D eigenvalue weighted by atomic mass is 35.5. The number of rotatable bonds is 4. The normalized spacial score (nSPS) is 17.3. The third-order valence-corrected chi connectivity index (χ3v) is 4.20. The first-order valence-electron chi connectivity index (χ1n) is 7.24. The molecule has 1 aliphatic heterocycles. The summed E-state index contributed by atoms with van der Waals surface area (Å²) in [5.74, 6) is 1.20. The Morgan fingerprint density at radius 1 is 1.38 bits per heavy atom. The van der Waals surface area contributed by atoms with Crippen molar-refractivity contribution in [2.75, 3.05) is 6.54 Å². The summed E-state index contributed by atoms with van der Waals surface area (Å²) in [6.45, 7) is 1.54. The Bertz CT molecular complexity index is 621. The van der Waals surface area contributed by atoms with Gasteiger partial charge in [0, 0.05) is 42.8 Å². The van der Waals surface area contributed by atoms with Crippen LogP contribution >= 0.6 is 11.6 Å². The van der Waals surface area contributed by atoms with E-state index in [1.165, 1.54) is 5.56 Å². The van der Waals surface area contributed by atoms with Crippen LogP contribution in [0.5, 0.6) is 0 Å². The standard InChI is InChI=1S/C16H18ClN3O/c17-14-3-1-12(2-4-14)5-7-19-16(21)13-6-9-20-10-8-18-15(20)11-13/h1-4,8,10,13H,5-7,9,11H2,(H,19,21). The Balaban J connectivity index is 1.48. The molecule has 4 nitrogen and oxygen atoms in total. The zero-order chi connectivity index (χ0) is 14.7. The molecule has 21 heavy (non-hydrogen) atoms. The first kappa shape index (κ1) is 14.1. The molecule has 5 heteroatoms. The van der Waals surface area contributed by atoms with E-state index < -0.39 is 0 Å². The number of halogens is 1. The number of benzene rings is 1. The zero-order valence-electron chi connectivity index (χ0n) is 11.8.